The number of H-pyrrole nitrogens is 1. The lowest BCUT2D eigenvalue weighted by molar-refractivity contribution is 0.881. The second-order valence-electron chi connectivity index (χ2n) is 1.90. The van der Waals surface area contributed by atoms with Gasteiger partial charge in [-0.05, 0) is 16.5 Å². The molecule has 0 amide bonds. The molecule has 2 aromatic rings. The quantitative estimate of drug-likeness (QED) is 0.617. The summed E-state index contributed by atoms with van der Waals surface area (Å²) in [6.07, 6.45) is 3.23. The van der Waals surface area contributed by atoms with Crippen LogP contribution in [-0.2, 0) is 0 Å². The highest BCUT2D eigenvalue weighted by atomic mass is 15.5. The Balaban J connectivity index is 2.46. The molecule has 5 nitrogen and oxygen atoms in total. The van der Waals surface area contributed by atoms with E-state index >= 15 is 0 Å². The Morgan fingerprint density at radius 3 is 3.09 bits per heavy atom. The molecular weight excluding hydrogens is 142 g/mol. The molecule has 2 heterocycles. The number of aromatic nitrogens is 5. The molecule has 1 radical (unpaired) electrons. The van der Waals surface area contributed by atoms with Crippen LogP contribution in [0.25, 0.3) is 11.4 Å². The van der Waals surface area contributed by atoms with Gasteiger partial charge in [0.05, 0.1) is 0 Å². The smallest absolute Gasteiger partial charge is 0.180 e. The van der Waals surface area contributed by atoms with E-state index in [1.807, 2.05) is 0 Å². The predicted molar refractivity (Wildman–Crippen MR) is 36.2 cm³/mol. The average Bonchev–Trinajstić information content (AvgIpc) is 2.58. The first-order valence-electron chi connectivity index (χ1n) is 3.02. The molecule has 0 saturated carbocycles. The summed E-state index contributed by atoms with van der Waals surface area (Å²) in [5.74, 6) is 0.604. The van der Waals surface area contributed by atoms with Gasteiger partial charge in [0.1, 0.15) is 0 Å². The fourth-order valence-electron chi connectivity index (χ4n) is 0.736. The zero-order valence-electron chi connectivity index (χ0n) is 5.52. The molecule has 2 aromatic heterocycles. The van der Waals surface area contributed by atoms with Gasteiger partial charge >= 0.3 is 0 Å². The topological polar surface area (TPSA) is 67.3 Å². The lowest BCUT2D eigenvalue weighted by Crippen LogP contribution is -1.80. The van der Waals surface area contributed by atoms with E-state index in [-0.39, 0.29) is 0 Å². The Bertz CT molecular complexity index is 314. The molecule has 0 unspecified atom stereocenters. The predicted octanol–water partition coefficient (Wildman–Crippen LogP) is 0.0619. The number of aromatic amines is 1. The Morgan fingerprint density at radius 1 is 1.45 bits per heavy atom. The minimum Gasteiger partial charge on any atom is -0.264 e. The molecule has 0 bridgehead atoms. The van der Waals surface area contributed by atoms with Crippen LogP contribution < -0.4 is 0 Å². The van der Waals surface area contributed by atoms with E-state index in [0.717, 1.165) is 5.56 Å². The standard InChI is InChI=1S/C6H4N5/c1-3-7-4-2-5(1)6-8-10-11-9-6/h1,3-4H,(H,8,9,10,11). The van der Waals surface area contributed by atoms with Crippen molar-refractivity contribution in [3.05, 3.63) is 24.5 Å². The Labute approximate surface area is 62.5 Å². The number of tetrazole rings is 1. The SMILES string of the molecule is [c]1cnccc1-c1nnn[nH]1. The minimum absolute atomic E-state index is 0.604. The van der Waals surface area contributed by atoms with Gasteiger partial charge in [0.25, 0.3) is 0 Å². The van der Waals surface area contributed by atoms with Crippen molar-refractivity contribution in [1.29, 1.82) is 0 Å². The maximum atomic E-state index is 3.82. The molecular formula is C6H4N5. The molecule has 0 aromatic carbocycles. The molecule has 2 rings (SSSR count). The van der Waals surface area contributed by atoms with Crippen LogP contribution in [0.1, 0.15) is 0 Å². The average molecular weight is 146 g/mol. The third-order valence-electron chi connectivity index (χ3n) is 1.22. The zero-order valence-corrected chi connectivity index (χ0v) is 5.52. The largest absolute Gasteiger partial charge is 0.264 e. The van der Waals surface area contributed by atoms with Crippen molar-refractivity contribution < 1.29 is 0 Å². The van der Waals surface area contributed by atoms with Crippen molar-refractivity contribution in [2.75, 3.05) is 0 Å². The monoisotopic (exact) mass is 146 g/mol. The molecule has 11 heavy (non-hydrogen) atoms. The van der Waals surface area contributed by atoms with Crippen LogP contribution in [0.5, 0.6) is 0 Å². The van der Waals surface area contributed by atoms with Gasteiger partial charge in [0.15, 0.2) is 5.82 Å². The van der Waals surface area contributed by atoms with E-state index in [4.69, 9.17) is 0 Å². The van der Waals surface area contributed by atoms with E-state index in [9.17, 15) is 0 Å². The summed E-state index contributed by atoms with van der Waals surface area (Å²) in [5, 5.41) is 13.2. The Morgan fingerprint density at radius 2 is 2.45 bits per heavy atom. The molecule has 0 aliphatic heterocycles. The van der Waals surface area contributed by atoms with Gasteiger partial charge in [0.2, 0.25) is 0 Å². The summed E-state index contributed by atoms with van der Waals surface area (Å²) >= 11 is 0. The highest BCUT2D eigenvalue weighted by molar-refractivity contribution is 5.50. The fraction of sp³-hybridized carbons (Fsp3) is 0. The van der Waals surface area contributed by atoms with Crippen molar-refractivity contribution in [2.45, 2.75) is 0 Å². The van der Waals surface area contributed by atoms with Crippen LogP contribution in [0.3, 0.4) is 0 Å². The second kappa shape index (κ2) is 2.45. The van der Waals surface area contributed by atoms with Crippen molar-refractivity contribution >= 4 is 0 Å². The van der Waals surface area contributed by atoms with Gasteiger partial charge in [-0.15, -0.1) is 5.10 Å². The van der Waals surface area contributed by atoms with Crippen molar-refractivity contribution in [1.82, 2.24) is 25.6 Å². The molecule has 0 atom stereocenters. The van der Waals surface area contributed by atoms with Crippen LogP contribution in [0, 0.1) is 6.07 Å². The van der Waals surface area contributed by atoms with Gasteiger partial charge in [0, 0.05) is 24.0 Å². The lowest BCUT2D eigenvalue weighted by Gasteiger charge is -1.89. The lowest BCUT2D eigenvalue weighted by atomic mass is 10.3. The van der Waals surface area contributed by atoms with Crippen LogP contribution in [-0.4, -0.2) is 25.6 Å². The third kappa shape index (κ3) is 1.07. The normalized spacial score (nSPS) is 9.82. The number of nitrogens with one attached hydrogen (secondary N) is 1. The van der Waals surface area contributed by atoms with Crippen LogP contribution in [0.15, 0.2) is 18.5 Å². The number of hydrogen-bond acceptors (Lipinski definition) is 4. The van der Waals surface area contributed by atoms with Crippen molar-refractivity contribution in [2.24, 2.45) is 0 Å². The summed E-state index contributed by atoms with van der Waals surface area (Å²) in [7, 11) is 0. The first kappa shape index (κ1) is 5.96. The highest BCUT2D eigenvalue weighted by Gasteiger charge is 1.98. The van der Waals surface area contributed by atoms with E-state index in [2.05, 4.69) is 31.7 Å². The summed E-state index contributed by atoms with van der Waals surface area (Å²) in [6.45, 7) is 0. The summed E-state index contributed by atoms with van der Waals surface area (Å²) < 4.78 is 0. The van der Waals surface area contributed by atoms with Gasteiger partial charge in [-0.25, -0.2) is 5.10 Å². The maximum absolute atomic E-state index is 3.82. The van der Waals surface area contributed by atoms with Gasteiger partial charge in [-0.1, -0.05) is 0 Å². The van der Waals surface area contributed by atoms with E-state index in [0.29, 0.717) is 5.82 Å². The molecule has 0 spiro atoms. The number of nitrogens with zero attached hydrogens (tertiary/aromatic N) is 4. The molecule has 5 heteroatoms. The molecule has 0 aliphatic rings. The summed E-state index contributed by atoms with van der Waals surface area (Å²) in [6, 6.07) is 4.67. The van der Waals surface area contributed by atoms with Crippen molar-refractivity contribution in [3.8, 4) is 11.4 Å². The third-order valence-corrected chi connectivity index (χ3v) is 1.22. The highest BCUT2D eigenvalue weighted by Crippen LogP contribution is 2.08. The first-order chi connectivity index (χ1) is 5.47. The maximum Gasteiger partial charge on any atom is 0.180 e. The Hall–Kier alpha value is -1.78. The van der Waals surface area contributed by atoms with Crippen LogP contribution in [0.2, 0.25) is 0 Å². The van der Waals surface area contributed by atoms with Gasteiger partial charge in [-0.3, -0.25) is 4.98 Å². The second-order valence-corrected chi connectivity index (χ2v) is 1.90. The fourth-order valence-corrected chi connectivity index (χ4v) is 0.736. The molecule has 0 saturated heterocycles. The van der Waals surface area contributed by atoms with Gasteiger partial charge in [-0.2, -0.15) is 0 Å². The summed E-state index contributed by atoms with van der Waals surface area (Å²) in [5.41, 5.74) is 0.810. The van der Waals surface area contributed by atoms with E-state index in [1.54, 1.807) is 18.5 Å². The molecule has 0 aliphatic carbocycles. The van der Waals surface area contributed by atoms with Crippen molar-refractivity contribution in [3.63, 3.8) is 0 Å². The van der Waals surface area contributed by atoms with Crippen LogP contribution in [0.4, 0.5) is 0 Å². The molecule has 1 N–H and O–H groups in total. The Kier molecular flexibility index (Phi) is 1.33. The van der Waals surface area contributed by atoms with Crippen LogP contribution >= 0.6 is 0 Å². The number of pyridine rings is 1. The van der Waals surface area contributed by atoms with E-state index < -0.39 is 0 Å². The molecule has 0 fully saturated rings. The zero-order chi connectivity index (χ0) is 7.52. The van der Waals surface area contributed by atoms with E-state index in [1.165, 1.54) is 0 Å². The summed E-state index contributed by atoms with van der Waals surface area (Å²) in [4.78, 5) is 3.82. The first-order valence-corrected chi connectivity index (χ1v) is 3.02. The van der Waals surface area contributed by atoms with Gasteiger partial charge < -0.3 is 0 Å². The number of hydrogen-bond donors (Lipinski definition) is 1. The number of rotatable bonds is 1. The molecule has 53 valence electrons. The minimum atomic E-state index is 0.604.